The summed E-state index contributed by atoms with van der Waals surface area (Å²) in [4.78, 5) is 7.59. The van der Waals surface area contributed by atoms with E-state index < -0.39 is 7.12 Å². The van der Waals surface area contributed by atoms with Crippen LogP contribution in [0.25, 0.3) is 4.85 Å². The zero-order valence-electron chi connectivity index (χ0n) is 15.5. The molecule has 0 saturated heterocycles. The topological polar surface area (TPSA) is 98.2 Å². The number of rotatable bonds is 7. The van der Waals surface area contributed by atoms with Gasteiger partial charge in [0.25, 0.3) is 0 Å². The number of hydrogen-bond donors (Lipinski definition) is 1. The molecule has 0 spiro atoms. The van der Waals surface area contributed by atoms with Crippen LogP contribution in [0.4, 0.5) is 5.69 Å². The monoisotopic (exact) mass is 379 g/mol. The van der Waals surface area contributed by atoms with Crippen LogP contribution >= 0.6 is 0 Å². The maximum absolute atomic E-state index is 9.70. The van der Waals surface area contributed by atoms with E-state index in [4.69, 9.17) is 25.4 Å². The molecule has 1 N–H and O–H groups in total. The Bertz CT molecular complexity index is 952. The zero-order valence-corrected chi connectivity index (χ0v) is 15.5. The molecule has 0 bridgehead atoms. The van der Waals surface area contributed by atoms with Gasteiger partial charge in [-0.3, -0.25) is 0 Å². The van der Waals surface area contributed by atoms with Crippen LogP contribution < -0.4 is 14.9 Å². The second-order valence-corrected chi connectivity index (χ2v) is 6.28. The van der Waals surface area contributed by atoms with Crippen LogP contribution in [0.5, 0.6) is 17.5 Å². The van der Waals surface area contributed by atoms with Gasteiger partial charge in [0.05, 0.1) is 25.9 Å². The Hall–Kier alpha value is -3.11. The lowest BCUT2D eigenvalue weighted by Gasteiger charge is -2.13. The molecule has 1 aliphatic heterocycles. The van der Waals surface area contributed by atoms with Gasteiger partial charge < -0.3 is 23.9 Å². The fourth-order valence-corrected chi connectivity index (χ4v) is 2.62. The van der Waals surface area contributed by atoms with Crippen molar-refractivity contribution >= 4 is 18.3 Å². The minimum absolute atomic E-state index is 0.0362. The molecule has 0 aliphatic carbocycles. The molecule has 8 nitrogen and oxygen atoms in total. The summed E-state index contributed by atoms with van der Waals surface area (Å²) in [6, 6.07) is 8.43. The molecule has 0 radical (unpaired) electrons. The van der Waals surface area contributed by atoms with E-state index in [1.807, 2.05) is 19.9 Å². The molecule has 0 saturated carbocycles. The molecule has 0 atom stereocenters. The van der Waals surface area contributed by atoms with E-state index in [9.17, 15) is 10.3 Å². The molecule has 1 aromatic carbocycles. The molecule has 2 aromatic rings. The first-order chi connectivity index (χ1) is 13.5. The minimum atomic E-state index is -0.942. The molecule has 3 rings (SSSR count). The Morgan fingerprint density at radius 3 is 2.89 bits per heavy atom. The van der Waals surface area contributed by atoms with Gasteiger partial charge in [-0.25, -0.2) is 4.85 Å². The molecule has 9 heteroatoms. The maximum atomic E-state index is 9.70. The Balaban J connectivity index is 1.83. The molecule has 28 heavy (non-hydrogen) atoms. The average molecular weight is 379 g/mol. The van der Waals surface area contributed by atoms with E-state index >= 15 is 0 Å². The van der Waals surface area contributed by atoms with E-state index in [1.165, 1.54) is 6.07 Å². The first kappa shape index (κ1) is 19.7. The molecule has 0 fully saturated rings. The normalized spacial score (nSPS) is 12.4. The van der Waals surface area contributed by atoms with E-state index in [0.717, 1.165) is 5.56 Å². The zero-order chi connectivity index (χ0) is 20.1. The third kappa shape index (κ3) is 4.41. The minimum Gasteiger partial charge on any atom is -0.484 e. The van der Waals surface area contributed by atoms with Gasteiger partial charge in [-0.2, -0.15) is 10.2 Å². The third-order valence-electron chi connectivity index (χ3n) is 3.94. The van der Waals surface area contributed by atoms with Gasteiger partial charge in [0.2, 0.25) is 17.4 Å². The first-order valence-electron chi connectivity index (χ1n) is 8.69. The van der Waals surface area contributed by atoms with Gasteiger partial charge in [-0.1, -0.05) is 6.07 Å². The highest BCUT2D eigenvalue weighted by Gasteiger charge is 2.27. The van der Waals surface area contributed by atoms with Crippen molar-refractivity contribution < 1.29 is 23.9 Å². The number of nitriles is 1. The van der Waals surface area contributed by atoms with Gasteiger partial charge in [0.15, 0.2) is 0 Å². The number of pyridine rings is 1. The molecule has 2 heterocycles. The van der Waals surface area contributed by atoms with E-state index in [0.29, 0.717) is 17.8 Å². The van der Waals surface area contributed by atoms with Crippen LogP contribution in [-0.2, 0) is 16.0 Å². The summed E-state index contributed by atoms with van der Waals surface area (Å²) in [5.74, 6) is 0.551. The van der Waals surface area contributed by atoms with Crippen LogP contribution in [0.2, 0.25) is 0 Å². The molecule has 1 aliphatic rings. The number of nitrogens with zero attached hydrogens (tertiary/aromatic N) is 3. The van der Waals surface area contributed by atoms with Crippen molar-refractivity contribution in [3.8, 4) is 23.6 Å². The van der Waals surface area contributed by atoms with Crippen molar-refractivity contribution in [2.75, 3.05) is 13.2 Å². The lowest BCUT2D eigenvalue weighted by Crippen LogP contribution is -2.27. The lowest BCUT2D eigenvalue weighted by atomic mass is 9.80. The van der Waals surface area contributed by atoms with Gasteiger partial charge >= 0.3 is 7.12 Å². The van der Waals surface area contributed by atoms with Gasteiger partial charge in [-0.15, -0.1) is 0 Å². The highest BCUT2D eigenvalue weighted by atomic mass is 16.5. The molecular formula is C19H18BN3O5. The maximum Gasteiger partial charge on any atom is 0.491 e. The summed E-state index contributed by atoms with van der Waals surface area (Å²) in [6.45, 7) is 11.9. The molecule has 1 aromatic heterocycles. The fourth-order valence-electron chi connectivity index (χ4n) is 2.62. The van der Waals surface area contributed by atoms with Crippen molar-refractivity contribution in [3.05, 3.63) is 46.8 Å². The van der Waals surface area contributed by atoms with E-state index in [2.05, 4.69) is 9.83 Å². The average Bonchev–Trinajstić information content (AvgIpc) is 3.05. The van der Waals surface area contributed by atoms with Crippen LogP contribution in [0.15, 0.2) is 24.3 Å². The van der Waals surface area contributed by atoms with Crippen molar-refractivity contribution in [2.24, 2.45) is 0 Å². The second kappa shape index (κ2) is 8.72. The van der Waals surface area contributed by atoms with Crippen LogP contribution in [0.1, 0.15) is 25.0 Å². The summed E-state index contributed by atoms with van der Waals surface area (Å²) in [6.07, 6.45) is 0.0686. The Labute approximate surface area is 163 Å². The van der Waals surface area contributed by atoms with Crippen molar-refractivity contribution in [1.82, 2.24) is 4.98 Å². The van der Waals surface area contributed by atoms with Crippen molar-refractivity contribution in [1.29, 1.82) is 5.26 Å². The summed E-state index contributed by atoms with van der Waals surface area (Å²) in [5, 5.41) is 19.1. The number of aromatic nitrogens is 1. The van der Waals surface area contributed by atoms with Crippen LogP contribution in [0.3, 0.4) is 0 Å². The van der Waals surface area contributed by atoms with Crippen LogP contribution in [0, 0.1) is 17.9 Å². The molecule has 0 unspecified atom stereocenters. The highest BCUT2D eigenvalue weighted by molar-refractivity contribution is 6.61. The molecule has 142 valence electrons. The van der Waals surface area contributed by atoms with E-state index in [-0.39, 0.29) is 42.3 Å². The summed E-state index contributed by atoms with van der Waals surface area (Å²) >= 11 is 0. The second-order valence-electron chi connectivity index (χ2n) is 6.28. The number of benzene rings is 1. The standard InChI is InChI=1S/C19H18BN3O5/c1-12(2)25-6-7-26-19-17(22-3)9-13(10-21)18(23-19)28-15-4-5-16-14(8-15)11-27-20(16)24/h4-5,8-9,12,24H,6-7,11H2,1-2H3. The highest BCUT2D eigenvalue weighted by Crippen LogP contribution is 2.33. The summed E-state index contributed by atoms with van der Waals surface area (Å²) in [7, 11) is -0.942. The van der Waals surface area contributed by atoms with Gasteiger partial charge in [0, 0.05) is 0 Å². The molecular weight excluding hydrogens is 361 g/mol. The Morgan fingerprint density at radius 1 is 1.36 bits per heavy atom. The van der Waals surface area contributed by atoms with Crippen molar-refractivity contribution in [3.63, 3.8) is 0 Å². The number of hydrogen-bond acceptors (Lipinski definition) is 7. The lowest BCUT2D eigenvalue weighted by molar-refractivity contribution is 0.0543. The number of ether oxygens (including phenoxy) is 3. The molecule has 0 amide bonds. The SMILES string of the molecule is [C-]#[N+]c1cc(C#N)c(Oc2ccc3c(c2)COB3O)nc1OCCOC(C)C. The van der Waals surface area contributed by atoms with Crippen molar-refractivity contribution in [2.45, 2.75) is 26.6 Å². The Morgan fingerprint density at radius 2 is 2.18 bits per heavy atom. The van der Waals surface area contributed by atoms with Gasteiger partial charge in [-0.05, 0) is 43.1 Å². The Kier molecular flexibility index (Phi) is 6.12. The summed E-state index contributed by atoms with van der Waals surface area (Å²) < 4.78 is 21.9. The fraction of sp³-hybridized carbons (Fsp3) is 0.316. The van der Waals surface area contributed by atoms with Gasteiger partial charge in [0.1, 0.15) is 24.0 Å². The van der Waals surface area contributed by atoms with Crippen LogP contribution in [-0.4, -0.2) is 36.4 Å². The first-order valence-corrected chi connectivity index (χ1v) is 8.69. The largest absolute Gasteiger partial charge is 0.491 e. The quantitative estimate of drug-likeness (QED) is 0.448. The van der Waals surface area contributed by atoms with E-state index in [1.54, 1.807) is 18.2 Å². The third-order valence-corrected chi connectivity index (χ3v) is 3.94. The predicted octanol–water partition coefficient (Wildman–Crippen LogP) is 2.32. The predicted molar refractivity (Wildman–Crippen MR) is 101 cm³/mol. The smallest absolute Gasteiger partial charge is 0.484 e. The number of fused-ring (bicyclic) bond motifs is 1. The summed E-state index contributed by atoms with van der Waals surface area (Å²) in [5.41, 5.74) is 1.72.